The maximum atomic E-state index is 13.6. The molecular weight excluding hydrogens is 495 g/mol. The summed E-state index contributed by atoms with van der Waals surface area (Å²) in [4.78, 5) is 20.6. The first-order valence-electron chi connectivity index (χ1n) is 12.4. The molecule has 0 spiro atoms. The summed E-state index contributed by atoms with van der Waals surface area (Å²) < 4.78 is 20.6. The van der Waals surface area contributed by atoms with Gasteiger partial charge in [0.1, 0.15) is 23.6 Å². The molecule has 2 N–H and O–H groups in total. The minimum absolute atomic E-state index is 0.163. The van der Waals surface area contributed by atoms with Gasteiger partial charge in [-0.3, -0.25) is 4.68 Å². The van der Waals surface area contributed by atoms with Crippen molar-refractivity contribution in [2.75, 3.05) is 11.9 Å². The highest BCUT2D eigenvalue weighted by molar-refractivity contribution is 5.92. The Morgan fingerprint density at radius 3 is 2.77 bits per heavy atom. The molecule has 0 atom stereocenters. The Balaban J connectivity index is 1.32. The second-order valence-corrected chi connectivity index (χ2v) is 9.94. The topological polar surface area (TPSA) is 94.0 Å². The van der Waals surface area contributed by atoms with E-state index in [0.29, 0.717) is 12.4 Å². The number of hydrogen-bond acceptors (Lipinski definition) is 6. The van der Waals surface area contributed by atoms with Gasteiger partial charge in [-0.2, -0.15) is 5.10 Å². The minimum Gasteiger partial charge on any atom is -0.444 e. The van der Waals surface area contributed by atoms with Gasteiger partial charge in [-0.15, -0.1) is 0 Å². The number of rotatable bonds is 5. The average Bonchev–Trinajstić information content (AvgIpc) is 3.27. The summed E-state index contributed by atoms with van der Waals surface area (Å²) in [5.74, 6) is 6.38. The lowest BCUT2D eigenvalue weighted by molar-refractivity contribution is 0.0535. The molecule has 2 heterocycles. The molecule has 0 aliphatic carbocycles. The quantitative estimate of drug-likeness (QED) is 0.284. The van der Waals surface area contributed by atoms with Gasteiger partial charge in [0.25, 0.3) is 0 Å². The van der Waals surface area contributed by atoms with Crippen LogP contribution in [-0.4, -0.2) is 38.0 Å². The van der Waals surface area contributed by atoms with Crippen molar-refractivity contribution in [2.24, 2.45) is 0 Å². The predicted molar refractivity (Wildman–Crippen MR) is 149 cm³/mol. The lowest BCUT2D eigenvalue weighted by atomic mass is 10.1. The third kappa shape index (κ3) is 6.48. The van der Waals surface area contributed by atoms with Gasteiger partial charge in [0.15, 0.2) is 0 Å². The Morgan fingerprint density at radius 2 is 1.95 bits per heavy atom. The number of nitrogens with zero attached hydrogens (tertiary/aromatic N) is 4. The van der Waals surface area contributed by atoms with Crippen molar-refractivity contribution in [3.63, 3.8) is 0 Å². The Kier molecular flexibility index (Phi) is 7.10. The molecule has 1 amide bonds. The molecular formula is C30H27FN6O2. The number of benzene rings is 3. The van der Waals surface area contributed by atoms with Gasteiger partial charge in [0.05, 0.1) is 30.3 Å². The summed E-state index contributed by atoms with van der Waals surface area (Å²) in [6.45, 7) is 6.06. The number of aromatic nitrogens is 4. The number of nitrogens with one attached hydrogen (secondary N) is 2. The number of carbonyl (C=O) groups excluding carboxylic acids is 1. The van der Waals surface area contributed by atoms with Crippen LogP contribution < -0.4 is 10.6 Å². The molecule has 8 nitrogen and oxygen atoms in total. The predicted octanol–water partition coefficient (Wildman–Crippen LogP) is 5.79. The molecule has 0 aliphatic heterocycles. The van der Waals surface area contributed by atoms with Crippen LogP contribution in [0.1, 0.15) is 31.9 Å². The molecule has 3 aromatic carbocycles. The van der Waals surface area contributed by atoms with E-state index in [-0.39, 0.29) is 12.4 Å². The molecule has 0 fully saturated rings. The van der Waals surface area contributed by atoms with Gasteiger partial charge in [-0.1, -0.05) is 24.0 Å². The zero-order valence-electron chi connectivity index (χ0n) is 21.8. The summed E-state index contributed by atoms with van der Waals surface area (Å²) >= 11 is 0. The van der Waals surface area contributed by atoms with E-state index in [9.17, 15) is 9.18 Å². The molecule has 0 saturated heterocycles. The van der Waals surface area contributed by atoms with Crippen molar-refractivity contribution in [3.8, 4) is 11.8 Å². The molecule has 196 valence electrons. The van der Waals surface area contributed by atoms with Crippen LogP contribution >= 0.6 is 0 Å². The summed E-state index contributed by atoms with van der Waals surface area (Å²) in [5, 5.41) is 12.2. The van der Waals surface area contributed by atoms with E-state index in [1.807, 2.05) is 47.1 Å². The number of ether oxygens (including phenoxy) is 1. The van der Waals surface area contributed by atoms with Crippen molar-refractivity contribution in [1.29, 1.82) is 0 Å². The van der Waals surface area contributed by atoms with Crippen LogP contribution in [0.2, 0.25) is 0 Å². The van der Waals surface area contributed by atoms with Crippen LogP contribution in [0, 0.1) is 17.7 Å². The lowest BCUT2D eigenvalue weighted by Crippen LogP contribution is -2.32. The van der Waals surface area contributed by atoms with E-state index in [0.717, 1.165) is 38.6 Å². The number of carbonyl (C=O) groups is 1. The molecule has 0 radical (unpaired) electrons. The van der Waals surface area contributed by atoms with Gasteiger partial charge < -0.3 is 15.4 Å². The zero-order valence-corrected chi connectivity index (χ0v) is 21.8. The second-order valence-electron chi connectivity index (χ2n) is 9.94. The van der Waals surface area contributed by atoms with E-state index in [2.05, 4.69) is 37.5 Å². The lowest BCUT2D eigenvalue weighted by Gasteiger charge is -2.18. The fourth-order valence-corrected chi connectivity index (χ4v) is 4.05. The van der Waals surface area contributed by atoms with E-state index >= 15 is 0 Å². The number of alkyl carbamates (subject to hydrolysis) is 1. The van der Waals surface area contributed by atoms with E-state index in [4.69, 9.17) is 4.74 Å². The highest BCUT2D eigenvalue weighted by Gasteiger charge is 2.15. The number of fused-ring (bicyclic) bond motifs is 2. The Bertz CT molecular complexity index is 1730. The zero-order chi connectivity index (χ0) is 27.4. The van der Waals surface area contributed by atoms with Crippen molar-refractivity contribution >= 4 is 39.4 Å². The Morgan fingerprint density at radius 1 is 1.08 bits per heavy atom. The molecule has 0 bridgehead atoms. The van der Waals surface area contributed by atoms with Gasteiger partial charge in [-0.05, 0) is 74.9 Å². The van der Waals surface area contributed by atoms with Crippen LogP contribution in [0.5, 0.6) is 0 Å². The third-order valence-corrected chi connectivity index (χ3v) is 5.71. The molecule has 0 aliphatic rings. The summed E-state index contributed by atoms with van der Waals surface area (Å²) in [7, 11) is 0. The standard InChI is InChI=1S/C30H27FN6O2/c1-30(2,3)39-29(38)32-13-5-7-20-9-11-26-25(15-20)28(34-19-33-26)36-24-10-12-27-22(16-24)17-35-37(27)18-21-6-4-8-23(31)14-21/h4,6,8-12,14-17,19H,13,18H2,1-3H3,(H,32,38)(H,33,34,36). The third-order valence-electron chi connectivity index (χ3n) is 5.71. The van der Waals surface area contributed by atoms with Crippen molar-refractivity contribution in [3.05, 3.63) is 90.1 Å². The molecule has 2 aromatic heterocycles. The summed E-state index contributed by atoms with van der Waals surface area (Å²) in [6.07, 6.45) is 2.79. The van der Waals surface area contributed by atoms with E-state index in [1.165, 1.54) is 18.5 Å². The van der Waals surface area contributed by atoms with Crippen LogP contribution in [-0.2, 0) is 11.3 Å². The maximum absolute atomic E-state index is 13.6. The first-order valence-corrected chi connectivity index (χ1v) is 12.4. The van der Waals surface area contributed by atoms with Crippen LogP contribution in [0.25, 0.3) is 21.8 Å². The monoisotopic (exact) mass is 522 g/mol. The smallest absolute Gasteiger partial charge is 0.408 e. The van der Waals surface area contributed by atoms with Gasteiger partial charge in [-0.25, -0.2) is 19.2 Å². The number of amides is 1. The highest BCUT2D eigenvalue weighted by Crippen LogP contribution is 2.26. The number of hydrogen-bond donors (Lipinski definition) is 2. The molecule has 0 saturated carbocycles. The maximum Gasteiger partial charge on any atom is 0.408 e. The first-order chi connectivity index (χ1) is 18.7. The second kappa shape index (κ2) is 10.8. The number of anilines is 2. The first kappa shape index (κ1) is 25.7. The van der Waals surface area contributed by atoms with Crippen molar-refractivity contribution in [1.82, 2.24) is 25.1 Å². The SMILES string of the molecule is CC(C)(C)OC(=O)NCC#Cc1ccc2ncnc(Nc3ccc4c(cnn4Cc4cccc(F)c4)c3)c2c1. The van der Waals surface area contributed by atoms with Crippen molar-refractivity contribution in [2.45, 2.75) is 32.9 Å². The molecule has 5 aromatic rings. The van der Waals surface area contributed by atoms with Crippen LogP contribution in [0.4, 0.5) is 20.7 Å². The fourth-order valence-electron chi connectivity index (χ4n) is 4.05. The van der Waals surface area contributed by atoms with Gasteiger partial charge >= 0.3 is 6.09 Å². The Hall–Kier alpha value is -4.97. The van der Waals surface area contributed by atoms with Gasteiger partial charge in [0.2, 0.25) is 0 Å². The van der Waals surface area contributed by atoms with Crippen LogP contribution in [0.15, 0.2) is 73.2 Å². The number of halogens is 1. The normalized spacial score (nSPS) is 11.2. The van der Waals surface area contributed by atoms with Crippen molar-refractivity contribution < 1.29 is 13.9 Å². The molecule has 5 rings (SSSR count). The average molecular weight is 523 g/mol. The molecule has 0 unspecified atom stereocenters. The fraction of sp³-hybridized carbons (Fsp3) is 0.200. The van der Waals surface area contributed by atoms with Gasteiger partial charge in [0, 0.05) is 22.0 Å². The van der Waals surface area contributed by atoms with E-state index < -0.39 is 11.7 Å². The minimum atomic E-state index is -0.562. The summed E-state index contributed by atoms with van der Waals surface area (Å²) in [6, 6.07) is 18.1. The van der Waals surface area contributed by atoms with Crippen LogP contribution in [0.3, 0.4) is 0 Å². The molecule has 9 heteroatoms. The van der Waals surface area contributed by atoms with E-state index in [1.54, 1.807) is 33.0 Å². The molecule has 39 heavy (non-hydrogen) atoms. The highest BCUT2D eigenvalue weighted by atomic mass is 19.1. The Labute approximate surface area is 225 Å². The summed E-state index contributed by atoms with van der Waals surface area (Å²) in [5.41, 5.74) is 3.59. The largest absolute Gasteiger partial charge is 0.444 e.